The minimum atomic E-state index is -1.13. The maximum absolute atomic E-state index is 11.6. The molecule has 1 aromatic carbocycles. The number of carbonyl (C=O) groups is 2. The molecule has 0 aliphatic rings. The summed E-state index contributed by atoms with van der Waals surface area (Å²) in [6.07, 6.45) is 3.47. The molecule has 0 aromatic heterocycles. The summed E-state index contributed by atoms with van der Waals surface area (Å²) in [5.41, 5.74) is 2.89. The van der Waals surface area contributed by atoms with Crippen LogP contribution in [-0.2, 0) is 22.4 Å². The Hall–Kier alpha value is -2.10. The number of carboxylic acids is 1. The van der Waals surface area contributed by atoms with Crippen LogP contribution in [0.1, 0.15) is 25.0 Å². The van der Waals surface area contributed by atoms with E-state index in [1.807, 2.05) is 32.0 Å². The molecule has 0 unspecified atom stereocenters. The lowest BCUT2D eigenvalue weighted by molar-refractivity contribution is -0.131. The predicted molar refractivity (Wildman–Crippen MR) is 70.6 cm³/mol. The van der Waals surface area contributed by atoms with E-state index in [9.17, 15) is 9.59 Å². The maximum atomic E-state index is 11.6. The molecule has 1 aromatic rings. The van der Waals surface area contributed by atoms with Gasteiger partial charge in [-0.3, -0.25) is 4.79 Å². The van der Waals surface area contributed by atoms with Crippen molar-refractivity contribution in [1.29, 1.82) is 0 Å². The average molecular weight is 247 g/mol. The van der Waals surface area contributed by atoms with Crippen LogP contribution in [-0.4, -0.2) is 17.0 Å². The van der Waals surface area contributed by atoms with Gasteiger partial charge in [0.1, 0.15) is 0 Å². The van der Waals surface area contributed by atoms with Crippen molar-refractivity contribution in [3.05, 3.63) is 41.5 Å². The van der Waals surface area contributed by atoms with Gasteiger partial charge in [-0.15, -0.1) is 0 Å². The van der Waals surface area contributed by atoms with E-state index < -0.39 is 11.9 Å². The van der Waals surface area contributed by atoms with Crippen LogP contribution in [0.15, 0.2) is 30.4 Å². The molecular formula is C14H17NO3. The molecule has 96 valence electrons. The van der Waals surface area contributed by atoms with Crippen LogP contribution < -0.4 is 5.32 Å². The molecule has 0 aliphatic heterocycles. The molecule has 0 spiro atoms. The molecule has 0 fully saturated rings. The Kier molecular flexibility index (Phi) is 5.11. The van der Waals surface area contributed by atoms with Crippen LogP contribution in [0.5, 0.6) is 0 Å². The predicted octanol–water partition coefficient (Wildman–Crippen LogP) is 2.39. The van der Waals surface area contributed by atoms with E-state index in [0.29, 0.717) is 0 Å². The van der Waals surface area contributed by atoms with E-state index in [2.05, 4.69) is 5.32 Å². The number of benzene rings is 1. The lowest BCUT2D eigenvalue weighted by Crippen LogP contribution is -2.12. The minimum absolute atomic E-state index is 0.423. The summed E-state index contributed by atoms with van der Waals surface area (Å²) in [5.74, 6) is -1.56. The maximum Gasteiger partial charge on any atom is 0.328 e. The smallest absolute Gasteiger partial charge is 0.328 e. The molecule has 0 aliphatic carbocycles. The van der Waals surface area contributed by atoms with Crippen LogP contribution in [0.4, 0.5) is 5.69 Å². The van der Waals surface area contributed by atoms with Crippen LogP contribution in [0.25, 0.3) is 0 Å². The van der Waals surface area contributed by atoms with Gasteiger partial charge < -0.3 is 10.4 Å². The summed E-state index contributed by atoms with van der Waals surface area (Å²) in [6, 6.07) is 5.87. The summed E-state index contributed by atoms with van der Waals surface area (Å²) in [5, 5.41) is 11.2. The molecule has 0 radical (unpaired) electrons. The standard InChI is InChI=1S/C14H17NO3/c1-3-10-6-5-7-11(4-2)14(10)15-12(16)8-9-13(17)18/h5-9H,3-4H2,1-2H3,(H,15,16)(H,17,18)/b9-8-. The fourth-order valence-electron chi connectivity index (χ4n) is 1.71. The van der Waals surface area contributed by atoms with E-state index in [-0.39, 0.29) is 0 Å². The van der Waals surface area contributed by atoms with Crippen molar-refractivity contribution in [1.82, 2.24) is 0 Å². The molecule has 2 N–H and O–H groups in total. The zero-order valence-corrected chi connectivity index (χ0v) is 10.6. The lowest BCUT2D eigenvalue weighted by Gasteiger charge is -2.13. The molecule has 4 nitrogen and oxygen atoms in total. The third kappa shape index (κ3) is 3.73. The van der Waals surface area contributed by atoms with Gasteiger partial charge in [-0.2, -0.15) is 0 Å². The Morgan fingerprint density at radius 3 is 2.17 bits per heavy atom. The largest absolute Gasteiger partial charge is 0.478 e. The number of carbonyl (C=O) groups excluding carboxylic acids is 1. The van der Waals surface area contributed by atoms with Gasteiger partial charge in [-0.25, -0.2) is 4.79 Å². The van der Waals surface area contributed by atoms with Crippen molar-refractivity contribution < 1.29 is 14.7 Å². The van der Waals surface area contributed by atoms with Crippen LogP contribution in [0.3, 0.4) is 0 Å². The van der Waals surface area contributed by atoms with Gasteiger partial charge in [-0.05, 0) is 24.0 Å². The van der Waals surface area contributed by atoms with Gasteiger partial charge in [0.05, 0.1) is 0 Å². The van der Waals surface area contributed by atoms with Crippen molar-refractivity contribution in [2.45, 2.75) is 26.7 Å². The number of para-hydroxylation sites is 1. The Bertz CT molecular complexity index is 456. The third-order valence-corrected chi connectivity index (χ3v) is 2.62. The third-order valence-electron chi connectivity index (χ3n) is 2.62. The first-order valence-electron chi connectivity index (χ1n) is 5.91. The van der Waals surface area contributed by atoms with Gasteiger partial charge in [0.15, 0.2) is 0 Å². The number of hydrogen-bond acceptors (Lipinski definition) is 2. The Morgan fingerprint density at radius 1 is 1.17 bits per heavy atom. The van der Waals surface area contributed by atoms with Crippen molar-refractivity contribution in [2.24, 2.45) is 0 Å². The highest BCUT2D eigenvalue weighted by molar-refractivity contribution is 6.03. The molecule has 0 saturated heterocycles. The highest BCUT2D eigenvalue weighted by Gasteiger charge is 2.08. The number of carboxylic acid groups (broad SMARTS) is 1. The summed E-state index contributed by atoms with van der Waals surface area (Å²) >= 11 is 0. The van der Waals surface area contributed by atoms with Gasteiger partial charge in [0.25, 0.3) is 0 Å². The monoisotopic (exact) mass is 247 g/mol. The van der Waals surface area contributed by atoms with Gasteiger partial charge in [0.2, 0.25) is 5.91 Å². The van der Waals surface area contributed by atoms with Crippen LogP contribution in [0.2, 0.25) is 0 Å². The molecule has 18 heavy (non-hydrogen) atoms. The van der Waals surface area contributed by atoms with E-state index >= 15 is 0 Å². The topological polar surface area (TPSA) is 66.4 Å². The van der Waals surface area contributed by atoms with Crippen LogP contribution >= 0.6 is 0 Å². The number of rotatable bonds is 5. The average Bonchev–Trinajstić information content (AvgIpc) is 2.36. The van der Waals surface area contributed by atoms with E-state index in [0.717, 1.165) is 41.8 Å². The van der Waals surface area contributed by atoms with Crippen LogP contribution in [0, 0.1) is 0 Å². The lowest BCUT2D eigenvalue weighted by atomic mass is 10.0. The second-order valence-corrected chi connectivity index (χ2v) is 3.82. The normalized spacial score (nSPS) is 10.6. The molecule has 0 saturated carbocycles. The Morgan fingerprint density at radius 2 is 1.72 bits per heavy atom. The molecule has 0 heterocycles. The van der Waals surface area contributed by atoms with Crippen molar-refractivity contribution in [3.8, 4) is 0 Å². The molecular weight excluding hydrogens is 230 g/mol. The number of aryl methyl sites for hydroxylation is 2. The molecule has 0 atom stereocenters. The number of hydrogen-bond donors (Lipinski definition) is 2. The summed E-state index contributed by atoms with van der Waals surface area (Å²) in [7, 11) is 0. The summed E-state index contributed by atoms with van der Waals surface area (Å²) < 4.78 is 0. The molecule has 4 heteroatoms. The second-order valence-electron chi connectivity index (χ2n) is 3.82. The Balaban J connectivity index is 2.95. The number of nitrogens with one attached hydrogen (secondary N) is 1. The van der Waals surface area contributed by atoms with Crippen molar-refractivity contribution >= 4 is 17.6 Å². The number of anilines is 1. The first kappa shape index (κ1) is 14.0. The molecule has 1 amide bonds. The fourth-order valence-corrected chi connectivity index (χ4v) is 1.71. The van der Waals surface area contributed by atoms with Gasteiger partial charge in [0, 0.05) is 17.8 Å². The van der Waals surface area contributed by atoms with Gasteiger partial charge in [-0.1, -0.05) is 32.0 Å². The number of aliphatic carboxylic acids is 1. The van der Waals surface area contributed by atoms with E-state index in [1.54, 1.807) is 0 Å². The second kappa shape index (κ2) is 6.59. The molecule has 1 rings (SSSR count). The summed E-state index contributed by atoms with van der Waals surface area (Å²) in [6.45, 7) is 4.02. The number of amides is 1. The highest BCUT2D eigenvalue weighted by Crippen LogP contribution is 2.22. The fraction of sp³-hybridized carbons (Fsp3) is 0.286. The minimum Gasteiger partial charge on any atom is -0.478 e. The highest BCUT2D eigenvalue weighted by atomic mass is 16.4. The molecule has 0 bridgehead atoms. The first-order chi connectivity index (χ1) is 8.58. The summed E-state index contributed by atoms with van der Waals surface area (Å²) in [4.78, 5) is 21.9. The zero-order chi connectivity index (χ0) is 13.5. The SMILES string of the molecule is CCc1cccc(CC)c1NC(=O)/C=C\C(=O)O. The van der Waals surface area contributed by atoms with Crippen molar-refractivity contribution in [3.63, 3.8) is 0 Å². The Labute approximate surface area is 106 Å². The first-order valence-corrected chi connectivity index (χ1v) is 5.91. The van der Waals surface area contributed by atoms with E-state index in [4.69, 9.17) is 5.11 Å². The van der Waals surface area contributed by atoms with Gasteiger partial charge >= 0.3 is 5.97 Å². The van der Waals surface area contributed by atoms with E-state index in [1.165, 1.54) is 0 Å². The van der Waals surface area contributed by atoms with Crippen molar-refractivity contribution in [2.75, 3.05) is 5.32 Å². The quantitative estimate of drug-likeness (QED) is 0.785. The zero-order valence-electron chi connectivity index (χ0n) is 10.6.